The van der Waals surface area contributed by atoms with Gasteiger partial charge in [0.05, 0.1) is 0 Å². The molecule has 14 heavy (non-hydrogen) atoms. The molecule has 72 valence electrons. The van der Waals surface area contributed by atoms with Crippen LogP contribution in [-0.2, 0) is 6.54 Å². The van der Waals surface area contributed by atoms with E-state index in [4.69, 9.17) is 0 Å². The summed E-state index contributed by atoms with van der Waals surface area (Å²) in [6.07, 6.45) is 1.75. The topological polar surface area (TPSA) is 24.9 Å². The summed E-state index contributed by atoms with van der Waals surface area (Å²) in [5.74, 6) is -0.206. The summed E-state index contributed by atoms with van der Waals surface area (Å²) in [5, 5.41) is 5.94. The highest BCUT2D eigenvalue weighted by Gasteiger charge is 1.95. The molecule has 2 rings (SSSR count). The maximum atomic E-state index is 12.6. The normalized spacial score (nSPS) is 10.1. The summed E-state index contributed by atoms with van der Waals surface area (Å²) in [6.45, 7) is 0.674. The fourth-order valence-corrected chi connectivity index (χ4v) is 1.62. The van der Waals surface area contributed by atoms with Crippen LogP contribution in [0.2, 0.25) is 0 Å². The van der Waals surface area contributed by atoms with Gasteiger partial charge in [-0.25, -0.2) is 9.37 Å². The smallest absolute Gasteiger partial charge is 0.182 e. The summed E-state index contributed by atoms with van der Waals surface area (Å²) >= 11 is 1.55. The molecule has 0 radical (unpaired) electrons. The van der Waals surface area contributed by atoms with E-state index in [0.717, 1.165) is 10.7 Å². The first kappa shape index (κ1) is 9.15. The third kappa shape index (κ3) is 2.29. The van der Waals surface area contributed by atoms with Crippen LogP contribution in [0.15, 0.2) is 35.8 Å². The highest BCUT2D eigenvalue weighted by Crippen LogP contribution is 2.12. The van der Waals surface area contributed by atoms with Crippen molar-refractivity contribution >= 4 is 16.5 Å². The SMILES string of the molecule is Fc1ccc(CNc2nccs2)cc1. The summed E-state index contributed by atoms with van der Waals surface area (Å²) < 4.78 is 12.6. The second kappa shape index (κ2) is 4.19. The van der Waals surface area contributed by atoms with Crippen LogP contribution in [0.25, 0.3) is 0 Å². The van der Waals surface area contributed by atoms with Crippen LogP contribution in [0.5, 0.6) is 0 Å². The Morgan fingerprint density at radius 3 is 2.71 bits per heavy atom. The number of hydrogen-bond donors (Lipinski definition) is 1. The largest absolute Gasteiger partial charge is 0.357 e. The summed E-state index contributed by atoms with van der Waals surface area (Å²) in [4.78, 5) is 4.08. The summed E-state index contributed by atoms with van der Waals surface area (Å²) in [5.41, 5.74) is 1.04. The number of nitrogens with one attached hydrogen (secondary N) is 1. The van der Waals surface area contributed by atoms with Crippen molar-refractivity contribution in [3.63, 3.8) is 0 Å². The van der Waals surface area contributed by atoms with E-state index in [-0.39, 0.29) is 5.82 Å². The Kier molecular flexibility index (Phi) is 2.74. The first-order chi connectivity index (χ1) is 6.84. The Bertz CT molecular complexity index is 383. The van der Waals surface area contributed by atoms with Gasteiger partial charge in [-0.05, 0) is 17.7 Å². The zero-order chi connectivity index (χ0) is 9.80. The van der Waals surface area contributed by atoms with Gasteiger partial charge in [0.15, 0.2) is 5.13 Å². The molecular weight excluding hydrogens is 199 g/mol. The molecule has 2 aromatic rings. The number of benzene rings is 1. The Morgan fingerprint density at radius 1 is 1.29 bits per heavy atom. The number of halogens is 1. The minimum atomic E-state index is -0.206. The fourth-order valence-electron chi connectivity index (χ4n) is 1.09. The maximum absolute atomic E-state index is 12.6. The van der Waals surface area contributed by atoms with Crippen molar-refractivity contribution in [2.24, 2.45) is 0 Å². The molecule has 1 N–H and O–H groups in total. The maximum Gasteiger partial charge on any atom is 0.182 e. The molecule has 0 fully saturated rings. The molecule has 4 heteroatoms. The molecule has 0 bridgehead atoms. The van der Waals surface area contributed by atoms with E-state index in [0.29, 0.717) is 6.54 Å². The lowest BCUT2D eigenvalue weighted by Crippen LogP contribution is -1.98. The molecule has 1 aromatic heterocycles. The van der Waals surface area contributed by atoms with Gasteiger partial charge in [-0.2, -0.15) is 0 Å². The minimum Gasteiger partial charge on any atom is -0.357 e. The van der Waals surface area contributed by atoms with E-state index in [1.807, 2.05) is 5.38 Å². The third-order valence-corrected chi connectivity index (χ3v) is 2.52. The third-order valence-electron chi connectivity index (χ3n) is 1.79. The van der Waals surface area contributed by atoms with E-state index in [1.165, 1.54) is 12.1 Å². The van der Waals surface area contributed by atoms with Crippen molar-refractivity contribution in [3.05, 3.63) is 47.2 Å². The molecule has 2 nitrogen and oxygen atoms in total. The molecule has 0 aliphatic rings. The highest BCUT2D eigenvalue weighted by molar-refractivity contribution is 7.13. The van der Waals surface area contributed by atoms with Gasteiger partial charge in [-0.1, -0.05) is 12.1 Å². The van der Waals surface area contributed by atoms with Gasteiger partial charge in [0, 0.05) is 18.1 Å². The van der Waals surface area contributed by atoms with Crippen LogP contribution >= 0.6 is 11.3 Å². The van der Waals surface area contributed by atoms with Crippen molar-refractivity contribution < 1.29 is 4.39 Å². The summed E-state index contributed by atoms with van der Waals surface area (Å²) in [7, 11) is 0. The summed E-state index contributed by atoms with van der Waals surface area (Å²) in [6, 6.07) is 6.43. The number of rotatable bonds is 3. The van der Waals surface area contributed by atoms with Gasteiger partial charge in [-0.15, -0.1) is 11.3 Å². The van der Waals surface area contributed by atoms with Gasteiger partial charge in [-0.3, -0.25) is 0 Å². The van der Waals surface area contributed by atoms with Crippen molar-refractivity contribution in [2.75, 3.05) is 5.32 Å². The number of anilines is 1. The lowest BCUT2D eigenvalue weighted by molar-refractivity contribution is 0.627. The molecule has 0 aliphatic carbocycles. The van der Waals surface area contributed by atoms with Crippen LogP contribution in [0.4, 0.5) is 9.52 Å². The lowest BCUT2D eigenvalue weighted by Gasteiger charge is -2.01. The van der Waals surface area contributed by atoms with E-state index in [2.05, 4.69) is 10.3 Å². The zero-order valence-corrected chi connectivity index (χ0v) is 8.22. The molecule has 1 aromatic carbocycles. The average Bonchev–Trinajstić information content (AvgIpc) is 2.70. The molecular formula is C10H9FN2S. The Morgan fingerprint density at radius 2 is 2.07 bits per heavy atom. The van der Waals surface area contributed by atoms with Crippen LogP contribution in [0.3, 0.4) is 0 Å². The number of nitrogens with zero attached hydrogens (tertiary/aromatic N) is 1. The standard InChI is InChI=1S/C10H9FN2S/c11-9-3-1-8(2-4-9)7-13-10-12-5-6-14-10/h1-6H,7H2,(H,12,13). The van der Waals surface area contributed by atoms with Gasteiger partial charge in [0.2, 0.25) is 0 Å². The molecule has 0 amide bonds. The van der Waals surface area contributed by atoms with Gasteiger partial charge < -0.3 is 5.32 Å². The molecule has 0 saturated carbocycles. The second-order valence-electron chi connectivity index (χ2n) is 2.82. The quantitative estimate of drug-likeness (QED) is 0.838. The number of hydrogen-bond acceptors (Lipinski definition) is 3. The van der Waals surface area contributed by atoms with Crippen LogP contribution in [-0.4, -0.2) is 4.98 Å². The van der Waals surface area contributed by atoms with Crippen LogP contribution < -0.4 is 5.32 Å². The first-order valence-electron chi connectivity index (χ1n) is 4.22. The lowest BCUT2D eigenvalue weighted by atomic mass is 10.2. The van der Waals surface area contributed by atoms with Crippen molar-refractivity contribution in [1.29, 1.82) is 0 Å². The van der Waals surface area contributed by atoms with E-state index in [1.54, 1.807) is 29.7 Å². The average molecular weight is 208 g/mol. The first-order valence-corrected chi connectivity index (χ1v) is 5.10. The zero-order valence-electron chi connectivity index (χ0n) is 7.40. The molecule has 0 saturated heterocycles. The molecule has 0 atom stereocenters. The predicted octanol–water partition coefficient (Wildman–Crippen LogP) is 2.89. The molecule has 0 unspecified atom stereocenters. The minimum absolute atomic E-state index is 0.206. The molecule has 0 spiro atoms. The monoisotopic (exact) mass is 208 g/mol. The fraction of sp³-hybridized carbons (Fsp3) is 0.100. The van der Waals surface area contributed by atoms with Crippen LogP contribution in [0, 0.1) is 5.82 Å². The molecule has 0 aliphatic heterocycles. The molecule has 1 heterocycles. The number of thiazole rings is 1. The van der Waals surface area contributed by atoms with Gasteiger partial charge >= 0.3 is 0 Å². The predicted molar refractivity (Wildman–Crippen MR) is 55.8 cm³/mol. The van der Waals surface area contributed by atoms with Gasteiger partial charge in [0.25, 0.3) is 0 Å². The highest BCUT2D eigenvalue weighted by atomic mass is 32.1. The van der Waals surface area contributed by atoms with E-state index < -0.39 is 0 Å². The van der Waals surface area contributed by atoms with Crippen LogP contribution in [0.1, 0.15) is 5.56 Å². The van der Waals surface area contributed by atoms with Crippen molar-refractivity contribution in [1.82, 2.24) is 4.98 Å². The van der Waals surface area contributed by atoms with Crippen molar-refractivity contribution in [3.8, 4) is 0 Å². The van der Waals surface area contributed by atoms with Gasteiger partial charge in [0.1, 0.15) is 5.82 Å². The van der Waals surface area contributed by atoms with E-state index >= 15 is 0 Å². The Hall–Kier alpha value is -1.42. The Balaban J connectivity index is 1.95. The Labute approximate surface area is 85.4 Å². The van der Waals surface area contributed by atoms with E-state index in [9.17, 15) is 4.39 Å². The second-order valence-corrected chi connectivity index (χ2v) is 3.71. The van der Waals surface area contributed by atoms with Crippen molar-refractivity contribution in [2.45, 2.75) is 6.54 Å². The number of aromatic nitrogens is 1.